The van der Waals surface area contributed by atoms with Gasteiger partial charge in [0.2, 0.25) is 5.95 Å². The number of rotatable bonds is 6. The SMILES string of the molecule is O=P1(c2ccccc2)c2ccccc2-c2ccc3c4c5ccccc5ccc4n(-c4nc(-c5ccc(-c6ccccc6)cc5)nc(-c5ccc(-c6ccccc6)cc5)n4)c3c21. The van der Waals surface area contributed by atoms with E-state index in [-0.39, 0.29) is 0 Å². The van der Waals surface area contributed by atoms with E-state index in [1.54, 1.807) is 0 Å². The summed E-state index contributed by atoms with van der Waals surface area (Å²) in [6.45, 7) is 0. The van der Waals surface area contributed by atoms with E-state index in [9.17, 15) is 0 Å². The first-order valence-electron chi connectivity index (χ1n) is 20.5. The molecule has 3 heterocycles. The molecule has 0 spiro atoms. The molecule has 12 rings (SSSR count). The lowest BCUT2D eigenvalue weighted by Gasteiger charge is -2.18. The quantitative estimate of drug-likeness (QED) is 0.157. The largest absolute Gasteiger partial charge is 0.309 e. The predicted molar refractivity (Wildman–Crippen MR) is 252 cm³/mol. The maximum atomic E-state index is 16.4. The zero-order chi connectivity index (χ0) is 40.5. The van der Waals surface area contributed by atoms with Crippen LogP contribution in [-0.4, -0.2) is 19.5 Å². The lowest BCUT2D eigenvalue weighted by Crippen LogP contribution is -2.22. The number of aromatic nitrogens is 4. The van der Waals surface area contributed by atoms with Gasteiger partial charge in [0.15, 0.2) is 18.8 Å². The molecule has 2 aromatic heterocycles. The van der Waals surface area contributed by atoms with Gasteiger partial charge in [-0.05, 0) is 50.2 Å². The van der Waals surface area contributed by atoms with Gasteiger partial charge in [0.05, 0.1) is 16.3 Å². The van der Waals surface area contributed by atoms with Crippen molar-refractivity contribution in [2.24, 2.45) is 0 Å². The Hall–Kier alpha value is -7.72. The highest BCUT2D eigenvalue weighted by molar-refractivity contribution is 7.86. The lowest BCUT2D eigenvalue weighted by molar-refractivity contribution is 0.593. The van der Waals surface area contributed by atoms with Crippen LogP contribution < -0.4 is 15.9 Å². The number of hydrogen-bond donors (Lipinski definition) is 0. The first-order valence-corrected chi connectivity index (χ1v) is 22.2. The molecule has 9 aromatic carbocycles. The van der Waals surface area contributed by atoms with Crippen LogP contribution >= 0.6 is 7.14 Å². The number of benzene rings is 9. The van der Waals surface area contributed by atoms with Crippen LogP contribution in [0.5, 0.6) is 0 Å². The minimum atomic E-state index is -3.41. The molecule has 0 aliphatic carbocycles. The topological polar surface area (TPSA) is 60.7 Å². The highest BCUT2D eigenvalue weighted by Crippen LogP contribution is 2.55. The van der Waals surface area contributed by atoms with Gasteiger partial charge in [-0.2, -0.15) is 9.97 Å². The fourth-order valence-electron chi connectivity index (χ4n) is 9.21. The summed E-state index contributed by atoms with van der Waals surface area (Å²) in [5.41, 5.74) is 9.95. The van der Waals surface area contributed by atoms with Crippen molar-refractivity contribution in [1.82, 2.24) is 19.5 Å². The van der Waals surface area contributed by atoms with E-state index in [4.69, 9.17) is 15.0 Å². The molecular weight excluding hydrogens is 764 g/mol. The molecule has 5 nitrogen and oxygen atoms in total. The van der Waals surface area contributed by atoms with Gasteiger partial charge in [-0.3, -0.25) is 4.57 Å². The van der Waals surface area contributed by atoms with Crippen LogP contribution in [0, 0.1) is 0 Å². The summed E-state index contributed by atoms with van der Waals surface area (Å²) in [6.07, 6.45) is 0. The number of nitrogens with zero attached hydrogens (tertiary/aromatic N) is 4. The Bertz CT molecular complexity index is 3430. The molecule has 61 heavy (non-hydrogen) atoms. The van der Waals surface area contributed by atoms with Gasteiger partial charge >= 0.3 is 0 Å². The smallest absolute Gasteiger partial charge is 0.238 e. The predicted octanol–water partition coefficient (Wildman–Crippen LogP) is 12.4. The maximum Gasteiger partial charge on any atom is 0.238 e. The molecule has 6 heteroatoms. The van der Waals surface area contributed by atoms with Crippen molar-refractivity contribution in [1.29, 1.82) is 0 Å². The normalized spacial score (nSPS) is 14.4. The maximum absolute atomic E-state index is 16.4. The molecule has 286 valence electrons. The summed E-state index contributed by atoms with van der Waals surface area (Å²) in [5.74, 6) is 1.55. The van der Waals surface area contributed by atoms with Crippen LogP contribution in [0.1, 0.15) is 0 Å². The molecule has 0 bridgehead atoms. The van der Waals surface area contributed by atoms with Crippen molar-refractivity contribution >= 4 is 55.6 Å². The van der Waals surface area contributed by atoms with E-state index in [1.165, 1.54) is 0 Å². The van der Waals surface area contributed by atoms with E-state index in [1.807, 2.05) is 60.7 Å². The third kappa shape index (κ3) is 5.55. The molecule has 0 saturated heterocycles. The van der Waals surface area contributed by atoms with Crippen molar-refractivity contribution in [2.75, 3.05) is 0 Å². The van der Waals surface area contributed by atoms with Crippen LogP contribution in [0.25, 0.3) is 94.7 Å². The van der Waals surface area contributed by atoms with Crippen molar-refractivity contribution < 1.29 is 4.57 Å². The molecule has 1 aliphatic rings. The van der Waals surface area contributed by atoms with Crippen LogP contribution in [0.2, 0.25) is 0 Å². The summed E-state index contributed by atoms with van der Waals surface area (Å²) in [5, 5.41) is 6.74. The van der Waals surface area contributed by atoms with Crippen molar-refractivity contribution in [2.45, 2.75) is 0 Å². The van der Waals surface area contributed by atoms with Gasteiger partial charge in [-0.1, -0.05) is 206 Å². The zero-order valence-electron chi connectivity index (χ0n) is 32.9. The monoisotopic (exact) mass is 798 g/mol. The van der Waals surface area contributed by atoms with Crippen molar-refractivity contribution in [3.63, 3.8) is 0 Å². The summed E-state index contributed by atoms with van der Waals surface area (Å²) in [4.78, 5) is 15.9. The second kappa shape index (κ2) is 13.9. The van der Waals surface area contributed by atoms with E-state index in [0.717, 1.165) is 93.0 Å². The molecule has 0 amide bonds. The molecule has 0 N–H and O–H groups in total. The van der Waals surface area contributed by atoms with E-state index in [0.29, 0.717) is 17.6 Å². The van der Waals surface area contributed by atoms with Gasteiger partial charge in [0.1, 0.15) is 0 Å². The van der Waals surface area contributed by atoms with E-state index in [2.05, 4.69) is 156 Å². The minimum Gasteiger partial charge on any atom is -0.309 e. The molecule has 1 unspecified atom stereocenters. The Balaban J connectivity index is 1.17. The van der Waals surface area contributed by atoms with Gasteiger partial charge < -0.3 is 4.57 Å². The van der Waals surface area contributed by atoms with Crippen LogP contribution in [0.15, 0.2) is 212 Å². The minimum absolute atomic E-state index is 0.457. The zero-order valence-corrected chi connectivity index (χ0v) is 33.7. The Morgan fingerprint density at radius 3 is 1.56 bits per heavy atom. The number of hydrogen-bond acceptors (Lipinski definition) is 4. The average Bonchev–Trinajstić information content (AvgIpc) is 3.82. The van der Waals surface area contributed by atoms with Crippen LogP contribution in [0.3, 0.4) is 0 Å². The van der Waals surface area contributed by atoms with Gasteiger partial charge in [-0.25, -0.2) is 4.98 Å². The first-order chi connectivity index (χ1) is 30.1. The molecule has 0 radical (unpaired) electrons. The van der Waals surface area contributed by atoms with Crippen LogP contribution in [-0.2, 0) is 4.57 Å². The third-order valence-corrected chi connectivity index (χ3v) is 15.3. The van der Waals surface area contributed by atoms with Crippen molar-refractivity contribution in [3.05, 3.63) is 212 Å². The Morgan fingerprint density at radius 2 is 0.918 bits per heavy atom. The highest BCUT2D eigenvalue weighted by atomic mass is 31.2. The molecule has 0 saturated carbocycles. The van der Waals surface area contributed by atoms with E-state index < -0.39 is 7.14 Å². The summed E-state index contributed by atoms with van der Waals surface area (Å²) in [6, 6.07) is 72.8. The summed E-state index contributed by atoms with van der Waals surface area (Å²) in [7, 11) is -3.41. The second-order valence-corrected chi connectivity index (χ2v) is 18.2. The third-order valence-electron chi connectivity index (χ3n) is 12.1. The molecule has 1 atom stereocenters. The Labute approximate surface area is 352 Å². The molecule has 0 fully saturated rings. The van der Waals surface area contributed by atoms with Gasteiger partial charge in [0, 0.05) is 32.5 Å². The Kier molecular flexibility index (Phi) is 8.06. The summed E-state index contributed by atoms with van der Waals surface area (Å²) >= 11 is 0. The first kappa shape index (κ1) is 35.2. The average molecular weight is 799 g/mol. The number of fused-ring (bicyclic) bond motifs is 9. The van der Waals surface area contributed by atoms with Crippen molar-refractivity contribution in [3.8, 4) is 62.1 Å². The fourth-order valence-corrected chi connectivity index (χ4v) is 12.5. The summed E-state index contributed by atoms with van der Waals surface area (Å²) < 4.78 is 18.6. The second-order valence-electron chi connectivity index (χ2n) is 15.5. The van der Waals surface area contributed by atoms with Gasteiger partial charge in [0.25, 0.3) is 0 Å². The van der Waals surface area contributed by atoms with E-state index >= 15 is 4.57 Å². The molecule has 11 aromatic rings. The molecule has 1 aliphatic heterocycles. The fraction of sp³-hybridized carbons (Fsp3) is 0. The Morgan fingerprint density at radius 1 is 0.393 bits per heavy atom. The standard InChI is InChI=1S/C55H35N4OP/c60-61(43-19-8-3-9-20-43)49-23-13-12-22-45(49)46-33-34-47-50-44-21-11-10-18-40(44)32-35-48(50)59(51(47)52(46)61)55-57-53(41-28-24-38(25-29-41)36-14-4-1-5-15-36)56-54(58-55)42-30-26-39(27-31-42)37-16-6-2-7-17-37/h1-35H. The van der Waals surface area contributed by atoms with Crippen LogP contribution in [0.4, 0.5) is 0 Å². The highest BCUT2D eigenvalue weighted by Gasteiger charge is 2.43. The van der Waals surface area contributed by atoms with Gasteiger partial charge in [-0.15, -0.1) is 0 Å². The lowest BCUT2D eigenvalue weighted by atomic mass is 10.0. The molecular formula is C55H35N4OP.